The molecule has 0 aliphatic heterocycles. The van der Waals surface area contributed by atoms with Crippen LogP contribution in [0.15, 0.2) is 89.9 Å². The molecule has 0 atom stereocenters. The van der Waals surface area contributed by atoms with Crippen molar-refractivity contribution in [2.24, 2.45) is 0 Å². The molecule has 0 bridgehead atoms. The minimum Gasteiger partial charge on any atom is -0.497 e. The smallest absolute Gasteiger partial charge is 0.285 e. The fourth-order valence-electron chi connectivity index (χ4n) is 3.87. The van der Waals surface area contributed by atoms with Crippen LogP contribution >= 0.6 is 0 Å². The zero-order valence-corrected chi connectivity index (χ0v) is 19.7. The molecule has 170 valence electrons. The molecule has 2 aromatic rings. The summed E-state index contributed by atoms with van der Waals surface area (Å²) in [5.41, 5.74) is 3.29. The summed E-state index contributed by atoms with van der Waals surface area (Å²) in [5, 5.41) is 10.4. The molecule has 3 rings (SSSR count). The molecular formula is C28H34O4. The monoisotopic (exact) mass is 434 g/mol. The molecule has 0 unspecified atom stereocenters. The van der Waals surface area contributed by atoms with Gasteiger partial charge in [-0.1, -0.05) is 62.4 Å². The molecule has 0 aromatic heterocycles. The van der Waals surface area contributed by atoms with Gasteiger partial charge in [0.25, 0.3) is 5.95 Å². The molecule has 0 spiro atoms. The number of ether oxygens (including phenoxy) is 2. The zero-order chi connectivity index (χ0) is 23.6. The summed E-state index contributed by atoms with van der Waals surface area (Å²) in [7, 11) is 1.69. The van der Waals surface area contributed by atoms with Gasteiger partial charge in [-0.05, 0) is 68.5 Å². The number of carbonyl (C=O) groups excluding carboxylic acids is 1. The van der Waals surface area contributed by atoms with E-state index in [9.17, 15) is 9.90 Å². The Labute approximate surface area is 191 Å². The van der Waals surface area contributed by atoms with Crippen molar-refractivity contribution in [2.45, 2.75) is 52.4 Å². The van der Waals surface area contributed by atoms with Gasteiger partial charge >= 0.3 is 0 Å². The maximum absolute atomic E-state index is 10.4. The molecule has 4 nitrogen and oxygen atoms in total. The number of hydrogen-bond donors (Lipinski definition) is 1. The van der Waals surface area contributed by atoms with Crippen LogP contribution in [0.3, 0.4) is 0 Å². The molecule has 4 heteroatoms. The number of Topliss-reactive ketones (excluding diaryl/α,β-unsaturated/α-hetero) is 1. The van der Waals surface area contributed by atoms with E-state index in [0.29, 0.717) is 12.2 Å². The van der Waals surface area contributed by atoms with Gasteiger partial charge in [0.1, 0.15) is 17.3 Å². The van der Waals surface area contributed by atoms with Crippen molar-refractivity contribution >= 4 is 5.78 Å². The summed E-state index contributed by atoms with van der Waals surface area (Å²) in [6, 6.07) is 17.7. The van der Waals surface area contributed by atoms with E-state index in [1.165, 1.54) is 25.0 Å². The summed E-state index contributed by atoms with van der Waals surface area (Å²) in [6.45, 7) is 7.51. The average molecular weight is 435 g/mol. The van der Waals surface area contributed by atoms with Crippen LogP contribution in [-0.4, -0.2) is 18.0 Å². The minimum atomic E-state index is -0.0514. The van der Waals surface area contributed by atoms with Crippen LogP contribution < -0.4 is 9.47 Å². The predicted molar refractivity (Wildman–Crippen MR) is 130 cm³/mol. The number of para-hydroxylation sites is 1. The molecular weight excluding hydrogens is 400 g/mol. The van der Waals surface area contributed by atoms with Crippen molar-refractivity contribution in [3.05, 3.63) is 95.5 Å². The first-order chi connectivity index (χ1) is 15.4. The maximum Gasteiger partial charge on any atom is 0.285 e. The number of methoxy groups -OCH3 is 1. The van der Waals surface area contributed by atoms with E-state index in [1.54, 1.807) is 7.11 Å². The van der Waals surface area contributed by atoms with Gasteiger partial charge in [-0.25, -0.2) is 0 Å². The number of carbonyl (C=O) groups is 1. The van der Waals surface area contributed by atoms with E-state index in [0.717, 1.165) is 24.2 Å². The molecule has 2 aromatic carbocycles. The summed E-state index contributed by atoms with van der Waals surface area (Å²) in [5.74, 6) is 1.62. The highest BCUT2D eigenvalue weighted by Crippen LogP contribution is 2.42. The molecule has 1 N–H and O–H groups in total. The summed E-state index contributed by atoms with van der Waals surface area (Å²) < 4.78 is 10.9. The Hall–Kier alpha value is -3.27. The maximum atomic E-state index is 10.4. The van der Waals surface area contributed by atoms with E-state index in [-0.39, 0.29) is 17.1 Å². The first-order valence-corrected chi connectivity index (χ1v) is 11.0. The lowest BCUT2D eigenvalue weighted by Crippen LogP contribution is -2.27. The van der Waals surface area contributed by atoms with Crippen molar-refractivity contribution in [1.29, 1.82) is 0 Å². The normalized spacial score (nSPS) is 14.6. The third-order valence-electron chi connectivity index (χ3n) is 5.64. The molecule has 1 aliphatic carbocycles. The Morgan fingerprint density at radius 1 is 0.938 bits per heavy atom. The van der Waals surface area contributed by atoms with Crippen molar-refractivity contribution < 1.29 is 19.4 Å². The fraction of sp³-hybridized carbons (Fsp3) is 0.321. The standard InChI is InChI=1S/C25H28O3.C3H6O/c1-4-25(5-2,21-15-17-22(27-3)18-16-21)20-13-11-19(12-14-20)24(26)28-23-9-7-6-8-10-23;1-3(2)4/h6-11,13-18,26H,4-5,12H2,1-3H3;1-2H3. The SMILES string of the molecule is CC(C)=O.CCC(CC)(C1=CCC(=C(O)Oc2ccccc2)C=C1)c1ccc(OC)cc1. The van der Waals surface area contributed by atoms with Gasteiger partial charge in [0.05, 0.1) is 7.11 Å². The van der Waals surface area contributed by atoms with Crippen LogP contribution in [0, 0.1) is 0 Å². The number of hydrogen-bond acceptors (Lipinski definition) is 4. The van der Waals surface area contributed by atoms with Gasteiger partial charge in [0, 0.05) is 11.0 Å². The highest BCUT2D eigenvalue weighted by molar-refractivity contribution is 5.72. The summed E-state index contributed by atoms with van der Waals surface area (Å²) in [6.07, 6.45) is 8.92. The Bertz CT molecular complexity index is 958. The lowest BCUT2D eigenvalue weighted by Gasteiger charge is -2.35. The first kappa shape index (κ1) is 25.0. The van der Waals surface area contributed by atoms with Crippen molar-refractivity contribution in [3.8, 4) is 11.5 Å². The first-order valence-electron chi connectivity index (χ1n) is 11.0. The molecule has 32 heavy (non-hydrogen) atoms. The summed E-state index contributed by atoms with van der Waals surface area (Å²) in [4.78, 5) is 9.44. The van der Waals surface area contributed by atoms with Gasteiger partial charge in [0.15, 0.2) is 0 Å². The quantitative estimate of drug-likeness (QED) is 0.473. The van der Waals surface area contributed by atoms with E-state index < -0.39 is 0 Å². The molecule has 0 heterocycles. The molecule has 1 aliphatic rings. The largest absolute Gasteiger partial charge is 0.497 e. The minimum absolute atomic E-state index is 0.0409. The van der Waals surface area contributed by atoms with Crippen molar-refractivity contribution in [2.75, 3.05) is 7.11 Å². The molecule has 0 saturated carbocycles. The van der Waals surface area contributed by atoms with Crippen LogP contribution in [0.1, 0.15) is 52.5 Å². The zero-order valence-electron chi connectivity index (χ0n) is 19.7. The Morgan fingerprint density at radius 2 is 1.53 bits per heavy atom. The third-order valence-corrected chi connectivity index (χ3v) is 5.64. The Kier molecular flexibility index (Phi) is 9.33. The van der Waals surface area contributed by atoms with Gasteiger partial charge in [-0.2, -0.15) is 0 Å². The number of allylic oxidation sites excluding steroid dienone is 5. The van der Waals surface area contributed by atoms with Crippen molar-refractivity contribution in [3.63, 3.8) is 0 Å². The Balaban J connectivity index is 0.000000837. The molecule has 0 radical (unpaired) electrons. The van der Waals surface area contributed by atoms with E-state index in [2.05, 4.69) is 38.1 Å². The topological polar surface area (TPSA) is 55.8 Å². The number of rotatable bonds is 7. The predicted octanol–water partition coefficient (Wildman–Crippen LogP) is 7.08. The second-order valence-electron chi connectivity index (χ2n) is 7.87. The van der Waals surface area contributed by atoms with Gasteiger partial charge < -0.3 is 19.4 Å². The summed E-state index contributed by atoms with van der Waals surface area (Å²) >= 11 is 0. The highest BCUT2D eigenvalue weighted by atomic mass is 16.6. The number of aliphatic hydroxyl groups excluding tert-OH is 1. The molecule has 0 saturated heterocycles. The van der Waals surface area contributed by atoms with Gasteiger partial charge in [-0.15, -0.1) is 0 Å². The van der Waals surface area contributed by atoms with Crippen LogP contribution in [0.4, 0.5) is 0 Å². The lowest BCUT2D eigenvalue weighted by molar-refractivity contribution is -0.114. The van der Waals surface area contributed by atoms with Gasteiger partial charge in [-0.3, -0.25) is 0 Å². The second kappa shape index (κ2) is 11.9. The van der Waals surface area contributed by atoms with E-state index >= 15 is 0 Å². The second-order valence-corrected chi connectivity index (χ2v) is 7.87. The average Bonchev–Trinajstić information content (AvgIpc) is 2.81. The third kappa shape index (κ3) is 6.36. The van der Waals surface area contributed by atoms with Crippen LogP contribution in [0.2, 0.25) is 0 Å². The van der Waals surface area contributed by atoms with Crippen molar-refractivity contribution in [1.82, 2.24) is 0 Å². The fourth-order valence-corrected chi connectivity index (χ4v) is 3.87. The highest BCUT2D eigenvalue weighted by Gasteiger charge is 2.32. The van der Waals surface area contributed by atoms with E-state index in [4.69, 9.17) is 9.47 Å². The number of aliphatic hydroxyl groups is 1. The van der Waals surface area contributed by atoms with Crippen LogP contribution in [-0.2, 0) is 10.2 Å². The molecule has 0 amide bonds. The number of benzene rings is 2. The molecule has 0 fully saturated rings. The lowest BCUT2D eigenvalue weighted by atomic mass is 9.68. The van der Waals surface area contributed by atoms with Crippen LogP contribution in [0.25, 0.3) is 0 Å². The number of ketones is 1. The van der Waals surface area contributed by atoms with E-state index in [1.807, 2.05) is 48.5 Å². The van der Waals surface area contributed by atoms with Gasteiger partial charge in [0.2, 0.25) is 0 Å². The van der Waals surface area contributed by atoms with Crippen LogP contribution in [0.5, 0.6) is 11.5 Å². The Morgan fingerprint density at radius 3 is 2.00 bits per heavy atom.